The van der Waals surface area contributed by atoms with E-state index in [1.54, 1.807) is 41.5 Å². The molecule has 1 amide bonds. The van der Waals surface area contributed by atoms with Crippen LogP contribution in [0.2, 0.25) is 0 Å². The van der Waals surface area contributed by atoms with E-state index in [1.807, 2.05) is 125 Å². The van der Waals surface area contributed by atoms with Crippen molar-refractivity contribution < 1.29 is 149 Å². The van der Waals surface area contributed by atoms with Crippen LogP contribution in [0.15, 0.2) is 37.5 Å². The summed E-state index contributed by atoms with van der Waals surface area (Å²) in [6.07, 6.45) is 6.50. The predicted octanol–water partition coefficient (Wildman–Crippen LogP) is 11.0. The van der Waals surface area contributed by atoms with Gasteiger partial charge in [-0.3, -0.25) is 38.4 Å². The van der Waals surface area contributed by atoms with E-state index >= 15 is 0 Å². The lowest BCUT2D eigenvalue weighted by Crippen LogP contribution is -2.47. The van der Waals surface area contributed by atoms with Crippen LogP contribution in [0.1, 0.15) is 238 Å². The smallest absolute Gasteiger partial charge is 0.407 e. The minimum Gasteiger partial charge on any atom is -0.465 e. The van der Waals surface area contributed by atoms with Gasteiger partial charge in [-0.15, -0.1) is 0 Å². The molecular formula is C85H151NO31. The fourth-order valence-corrected chi connectivity index (χ4v) is 6.31. The second-order valence-corrected chi connectivity index (χ2v) is 32.9. The van der Waals surface area contributed by atoms with Crippen LogP contribution in [-0.4, -0.2) is 242 Å². The summed E-state index contributed by atoms with van der Waals surface area (Å²) in [5, 5.41) is 37.9. The van der Waals surface area contributed by atoms with Crippen molar-refractivity contribution in [1.29, 1.82) is 0 Å². The normalized spacial score (nSPS) is 14.8. The summed E-state index contributed by atoms with van der Waals surface area (Å²) in [7, 11) is 0. The minimum atomic E-state index is -1.02. The number of carbonyl (C=O) groups excluding carboxylic acids is 12. The lowest BCUT2D eigenvalue weighted by atomic mass is 9.84. The van der Waals surface area contributed by atoms with Crippen molar-refractivity contribution in [3.63, 3.8) is 0 Å². The Bertz CT molecular complexity index is 2820. The summed E-state index contributed by atoms with van der Waals surface area (Å²) in [6, 6.07) is 0. The molecule has 117 heavy (non-hydrogen) atoms. The van der Waals surface area contributed by atoms with Crippen molar-refractivity contribution in [2.45, 2.75) is 262 Å². The van der Waals surface area contributed by atoms with Gasteiger partial charge in [-0.2, -0.15) is 0 Å². The van der Waals surface area contributed by atoms with Crippen LogP contribution in [-0.2, 0) is 124 Å². The number of nitrogens with one attached hydrogen (secondary N) is 1. The molecule has 3 aliphatic rings. The van der Waals surface area contributed by atoms with Gasteiger partial charge in [-0.25, -0.2) is 19.2 Å². The van der Waals surface area contributed by atoms with Crippen LogP contribution in [0.25, 0.3) is 0 Å². The Morgan fingerprint density at radius 1 is 0.402 bits per heavy atom. The second kappa shape index (κ2) is 60.8. The number of aliphatic hydroxyl groups excluding tert-OH is 4. The summed E-state index contributed by atoms with van der Waals surface area (Å²) in [5.74, 6) is -3.67. The van der Waals surface area contributed by atoms with Crippen molar-refractivity contribution in [2.75, 3.05) is 125 Å². The molecule has 4 atom stereocenters. The van der Waals surface area contributed by atoms with Gasteiger partial charge in [0.25, 0.3) is 0 Å². The van der Waals surface area contributed by atoms with E-state index in [2.05, 4.69) is 41.5 Å². The average Bonchev–Trinajstić information content (AvgIpc) is 1.09. The van der Waals surface area contributed by atoms with E-state index in [-0.39, 0.29) is 161 Å². The molecule has 0 aromatic rings. The number of epoxide rings is 2. The quantitative estimate of drug-likeness (QED) is 0.0124. The standard InChI is InChI=1S/C15H25NO6.2C12H20O5.C12H22O3.2C9H16O3.2C8H16O3/c1-6-15(4,5)13(18)21-9-10-22-14(19)16-7-8-20-12(17)11(2)3;2*1-5-10(14)16-7-9(13)8-17-11(15)12(3,4)6-2;1-5-11(3,4)10(13)15-9-12(6-2)7-14-8-12;2*1-4-9(2,3)8(10)12-6-7-5-11-7;2*1-4-8(2,3)7(10)11-6-5-9/h2,6-10H2,1,3-5H3,(H,16,19);2*5,9,13H,1,6-8H2,2-4H3;5-9H2,1-4H3;2*7H,4-6H2,1-3H3;2*9H,4-6H2,1-3H3. The Labute approximate surface area is 697 Å². The molecule has 0 radical (unpaired) electrons. The molecule has 3 heterocycles. The first kappa shape index (κ1) is 118. The molecule has 0 aromatic heterocycles. The number of amides is 1. The lowest BCUT2D eigenvalue weighted by molar-refractivity contribution is -0.178. The Balaban J connectivity index is -0.000000413. The van der Waals surface area contributed by atoms with Gasteiger partial charge in [0.05, 0.1) is 94.9 Å². The molecule has 3 aliphatic heterocycles. The summed E-state index contributed by atoms with van der Waals surface area (Å²) in [4.78, 5) is 135. The largest absolute Gasteiger partial charge is 0.465 e. The number of esters is 11. The van der Waals surface area contributed by atoms with Gasteiger partial charge in [0.15, 0.2) is 0 Å². The fourth-order valence-electron chi connectivity index (χ4n) is 6.31. The fraction of sp³-hybridized carbons (Fsp3) is 0.788. The van der Waals surface area contributed by atoms with E-state index in [0.717, 1.165) is 77.1 Å². The first-order valence-electron chi connectivity index (χ1n) is 40.1. The highest BCUT2D eigenvalue weighted by Gasteiger charge is 2.40. The molecule has 0 bridgehead atoms. The van der Waals surface area contributed by atoms with Crippen molar-refractivity contribution in [3.8, 4) is 0 Å². The summed E-state index contributed by atoms with van der Waals surface area (Å²) in [5.41, 5.74) is -3.21. The molecule has 682 valence electrons. The first-order chi connectivity index (χ1) is 54.0. The second-order valence-electron chi connectivity index (χ2n) is 32.9. The van der Waals surface area contributed by atoms with E-state index in [9.17, 15) is 67.7 Å². The number of aliphatic hydroxyl groups is 4. The zero-order valence-corrected chi connectivity index (χ0v) is 75.7. The maximum atomic E-state index is 11.7. The predicted molar refractivity (Wildman–Crippen MR) is 437 cm³/mol. The van der Waals surface area contributed by atoms with Gasteiger partial charge in [-0.05, 0) is 175 Å². The maximum Gasteiger partial charge on any atom is 0.407 e. The molecule has 3 saturated heterocycles. The Hall–Kier alpha value is -7.62. The van der Waals surface area contributed by atoms with Crippen LogP contribution in [0.3, 0.4) is 0 Å². The number of hydrogen-bond acceptors (Lipinski definition) is 31. The van der Waals surface area contributed by atoms with Gasteiger partial charge in [0.1, 0.15) is 104 Å². The third-order valence-electron chi connectivity index (χ3n) is 19.3. The van der Waals surface area contributed by atoms with Crippen molar-refractivity contribution in [2.24, 2.45) is 48.7 Å². The van der Waals surface area contributed by atoms with E-state index in [0.29, 0.717) is 44.7 Å². The highest BCUT2D eigenvalue weighted by Crippen LogP contribution is 2.33. The molecule has 3 fully saturated rings. The Morgan fingerprint density at radius 3 is 0.915 bits per heavy atom. The van der Waals surface area contributed by atoms with Gasteiger partial charge in [0, 0.05) is 17.7 Å². The molecule has 32 nitrogen and oxygen atoms in total. The van der Waals surface area contributed by atoms with Gasteiger partial charge >= 0.3 is 71.8 Å². The topological polar surface area (TPSA) is 443 Å². The summed E-state index contributed by atoms with van der Waals surface area (Å²) >= 11 is 0. The zero-order valence-electron chi connectivity index (χ0n) is 75.7. The monoisotopic (exact) mass is 1680 g/mol. The molecular weight excluding hydrogens is 1530 g/mol. The highest BCUT2D eigenvalue weighted by molar-refractivity contribution is 5.87. The molecule has 0 spiro atoms. The molecule has 3 rings (SSSR count). The number of ether oxygens (including phenoxy) is 15. The van der Waals surface area contributed by atoms with Gasteiger partial charge in [0.2, 0.25) is 0 Å². The molecule has 4 unspecified atom stereocenters. The van der Waals surface area contributed by atoms with E-state index < -0.39 is 63.3 Å². The van der Waals surface area contributed by atoms with Crippen LogP contribution in [0.5, 0.6) is 0 Å². The van der Waals surface area contributed by atoms with Crippen molar-refractivity contribution >= 4 is 71.8 Å². The van der Waals surface area contributed by atoms with Crippen LogP contribution in [0.4, 0.5) is 4.79 Å². The molecule has 0 aliphatic carbocycles. The van der Waals surface area contributed by atoms with Crippen LogP contribution in [0, 0.1) is 48.7 Å². The Kier molecular flexibility index (Phi) is 61.3. The van der Waals surface area contributed by atoms with E-state index in [4.69, 9.17) is 71.8 Å². The molecule has 32 heteroatoms. The van der Waals surface area contributed by atoms with Crippen molar-refractivity contribution in [1.82, 2.24) is 5.32 Å². The zero-order chi connectivity index (χ0) is 91.8. The number of carbonyl (C=O) groups is 12. The van der Waals surface area contributed by atoms with Crippen molar-refractivity contribution in [3.05, 3.63) is 37.5 Å². The summed E-state index contributed by atoms with van der Waals surface area (Å²) in [6.45, 7) is 61.9. The number of hydrogen-bond donors (Lipinski definition) is 5. The van der Waals surface area contributed by atoms with Gasteiger partial charge < -0.3 is 96.8 Å². The summed E-state index contributed by atoms with van der Waals surface area (Å²) < 4.78 is 73.7. The third kappa shape index (κ3) is 56.5. The number of alkyl carbamates (subject to hydrolysis) is 1. The Morgan fingerprint density at radius 2 is 0.667 bits per heavy atom. The van der Waals surface area contributed by atoms with Crippen LogP contribution < -0.4 is 5.32 Å². The average molecular weight is 1680 g/mol. The van der Waals surface area contributed by atoms with Crippen LogP contribution >= 0.6 is 0 Å². The van der Waals surface area contributed by atoms with Gasteiger partial charge in [-0.1, -0.05) is 82.1 Å². The maximum absolute atomic E-state index is 11.7. The van der Waals surface area contributed by atoms with E-state index in [1.165, 1.54) is 6.92 Å². The third-order valence-corrected chi connectivity index (χ3v) is 19.3. The molecule has 5 N–H and O–H groups in total. The molecule has 0 saturated carbocycles. The SMILES string of the molecule is C=C(C)C(=O)OCCNC(=O)OCCOC(=O)C(C)(C)CC.C=CC(=O)OCC(O)COC(=O)C(C)(C)CC.C=CC(=O)OCC(O)COC(=O)C(C)(C)CC.CCC(C)(C)C(=O)OCC1CO1.CCC(C)(C)C(=O)OCC1CO1.CCC(C)(C)C(=O)OCCO.CCC(C)(C)C(=O)OCCO.CCC1(COC(=O)C(C)(C)CC)COC1. The minimum absolute atomic E-state index is 0.000325. The number of rotatable bonds is 44. The highest BCUT2D eigenvalue weighted by atomic mass is 16.6. The first-order valence-corrected chi connectivity index (χ1v) is 40.1. The lowest BCUT2D eigenvalue weighted by Gasteiger charge is -2.40. The molecule has 0 aromatic carbocycles.